The maximum absolute atomic E-state index is 11.8. The molecule has 2 N–H and O–H groups in total. The minimum absolute atomic E-state index is 0.169. The highest BCUT2D eigenvalue weighted by Gasteiger charge is 2.17. The maximum atomic E-state index is 11.8. The molecule has 2 aromatic carbocycles. The standard InChI is InChI=1S/C18H22N2O3/c1-19-18(21)20-15(11-13-7-5-4-6-8-13)14-9-10-16(22-2)17(12-14)23-3/h4-10,12,15H,11H2,1-3H3,(H2,19,20,21). The molecule has 23 heavy (non-hydrogen) atoms. The number of methoxy groups -OCH3 is 2. The number of benzene rings is 2. The summed E-state index contributed by atoms with van der Waals surface area (Å²) < 4.78 is 10.6. The van der Waals surface area contributed by atoms with Crippen molar-refractivity contribution >= 4 is 6.03 Å². The highest BCUT2D eigenvalue weighted by atomic mass is 16.5. The molecule has 0 radical (unpaired) electrons. The molecular weight excluding hydrogens is 292 g/mol. The Labute approximate surface area is 136 Å². The molecule has 2 aromatic rings. The Morgan fingerprint density at radius 1 is 1.04 bits per heavy atom. The maximum Gasteiger partial charge on any atom is 0.315 e. The predicted molar refractivity (Wildman–Crippen MR) is 90.0 cm³/mol. The van der Waals surface area contributed by atoms with Gasteiger partial charge in [0, 0.05) is 7.05 Å². The van der Waals surface area contributed by atoms with Crippen LogP contribution in [-0.4, -0.2) is 27.3 Å². The number of carbonyl (C=O) groups excluding carboxylic acids is 1. The summed E-state index contributed by atoms with van der Waals surface area (Å²) in [4.78, 5) is 11.8. The third kappa shape index (κ3) is 4.39. The molecule has 0 spiro atoms. The minimum Gasteiger partial charge on any atom is -0.493 e. The Hall–Kier alpha value is -2.69. The molecule has 0 aromatic heterocycles. The first kappa shape index (κ1) is 16.7. The molecule has 0 aliphatic carbocycles. The van der Waals surface area contributed by atoms with Gasteiger partial charge < -0.3 is 20.1 Å². The smallest absolute Gasteiger partial charge is 0.315 e. The van der Waals surface area contributed by atoms with Gasteiger partial charge in [-0.05, 0) is 29.7 Å². The van der Waals surface area contributed by atoms with Gasteiger partial charge in [-0.3, -0.25) is 0 Å². The second-order valence-electron chi connectivity index (χ2n) is 5.08. The van der Waals surface area contributed by atoms with Crippen molar-refractivity contribution in [1.82, 2.24) is 10.6 Å². The average molecular weight is 314 g/mol. The largest absolute Gasteiger partial charge is 0.493 e. The Morgan fingerprint density at radius 2 is 1.74 bits per heavy atom. The van der Waals surface area contributed by atoms with E-state index in [2.05, 4.69) is 10.6 Å². The second-order valence-corrected chi connectivity index (χ2v) is 5.08. The second kappa shape index (κ2) is 8.08. The first-order chi connectivity index (χ1) is 11.2. The number of rotatable bonds is 6. The monoisotopic (exact) mass is 314 g/mol. The Balaban J connectivity index is 2.30. The van der Waals surface area contributed by atoms with Crippen LogP contribution in [0.2, 0.25) is 0 Å². The fourth-order valence-corrected chi connectivity index (χ4v) is 2.40. The Bertz CT molecular complexity index is 644. The number of urea groups is 1. The van der Waals surface area contributed by atoms with Gasteiger partial charge >= 0.3 is 6.03 Å². The van der Waals surface area contributed by atoms with E-state index in [1.54, 1.807) is 21.3 Å². The fourth-order valence-electron chi connectivity index (χ4n) is 2.40. The van der Waals surface area contributed by atoms with E-state index in [-0.39, 0.29) is 12.1 Å². The van der Waals surface area contributed by atoms with E-state index in [0.29, 0.717) is 17.9 Å². The molecule has 0 bridgehead atoms. The van der Waals surface area contributed by atoms with Crippen molar-refractivity contribution in [2.75, 3.05) is 21.3 Å². The third-order valence-corrected chi connectivity index (χ3v) is 3.63. The zero-order chi connectivity index (χ0) is 16.7. The van der Waals surface area contributed by atoms with Crippen LogP contribution in [0.25, 0.3) is 0 Å². The highest BCUT2D eigenvalue weighted by Crippen LogP contribution is 2.31. The molecular formula is C18H22N2O3. The summed E-state index contributed by atoms with van der Waals surface area (Å²) in [7, 11) is 4.80. The van der Waals surface area contributed by atoms with Crippen LogP contribution in [0.3, 0.4) is 0 Å². The first-order valence-electron chi connectivity index (χ1n) is 7.42. The minimum atomic E-state index is -0.222. The molecule has 2 amide bonds. The van der Waals surface area contributed by atoms with Crippen molar-refractivity contribution in [2.24, 2.45) is 0 Å². The van der Waals surface area contributed by atoms with Crippen molar-refractivity contribution in [2.45, 2.75) is 12.5 Å². The van der Waals surface area contributed by atoms with Gasteiger partial charge in [0.25, 0.3) is 0 Å². The molecule has 0 saturated heterocycles. The van der Waals surface area contributed by atoms with Crippen LogP contribution < -0.4 is 20.1 Å². The van der Waals surface area contributed by atoms with E-state index in [1.165, 1.54) is 0 Å². The summed E-state index contributed by atoms with van der Waals surface area (Å²) in [6.07, 6.45) is 0.684. The zero-order valence-electron chi connectivity index (χ0n) is 13.6. The van der Waals surface area contributed by atoms with E-state index in [4.69, 9.17) is 9.47 Å². The summed E-state index contributed by atoms with van der Waals surface area (Å²) in [6, 6.07) is 15.3. The summed E-state index contributed by atoms with van der Waals surface area (Å²) in [5, 5.41) is 5.57. The summed E-state index contributed by atoms with van der Waals surface area (Å²) in [6.45, 7) is 0. The quantitative estimate of drug-likeness (QED) is 0.862. The summed E-state index contributed by atoms with van der Waals surface area (Å²) >= 11 is 0. The van der Waals surface area contributed by atoms with Gasteiger partial charge in [-0.25, -0.2) is 4.79 Å². The lowest BCUT2D eigenvalue weighted by atomic mass is 9.98. The number of hydrogen-bond donors (Lipinski definition) is 2. The van der Waals surface area contributed by atoms with Crippen LogP contribution in [-0.2, 0) is 6.42 Å². The molecule has 2 rings (SSSR count). The normalized spacial score (nSPS) is 11.4. The summed E-state index contributed by atoms with van der Waals surface area (Å²) in [5.74, 6) is 1.30. The molecule has 0 aliphatic rings. The molecule has 5 heteroatoms. The lowest BCUT2D eigenvalue weighted by Crippen LogP contribution is -2.36. The Kier molecular flexibility index (Phi) is 5.86. The lowest BCUT2D eigenvalue weighted by molar-refractivity contribution is 0.239. The van der Waals surface area contributed by atoms with E-state index >= 15 is 0 Å². The van der Waals surface area contributed by atoms with Crippen LogP contribution in [0.15, 0.2) is 48.5 Å². The Morgan fingerprint density at radius 3 is 2.35 bits per heavy atom. The number of amides is 2. The third-order valence-electron chi connectivity index (χ3n) is 3.63. The molecule has 5 nitrogen and oxygen atoms in total. The van der Waals surface area contributed by atoms with Crippen LogP contribution in [0.5, 0.6) is 11.5 Å². The van der Waals surface area contributed by atoms with Crippen molar-refractivity contribution in [3.63, 3.8) is 0 Å². The van der Waals surface area contributed by atoms with E-state index in [1.807, 2.05) is 48.5 Å². The van der Waals surface area contributed by atoms with Crippen molar-refractivity contribution in [3.8, 4) is 11.5 Å². The number of nitrogens with one attached hydrogen (secondary N) is 2. The fraction of sp³-hybridized carbons (Fsp3) is 0.278. The van der Waals surface area contributed by atoms with Crippen LogP contribution in [0.4, 0.5) is 4.79 Å². The number of hydrogen-bond acceptors (Lipinski definition) is 3. The van der Waals surface area contributed by atoms with Gasteiger partial charge in [0.1, 0.15) is 0 Å². The topological polar surface area (TPSA) is 59.6 Å². The SMILES string of the molecule is CNC(=O)NC(Cc1ccccc1)c1ccc(OC)c(OC)c1. The molecule has 0 saturated carbocycles. The zero-order valence-corrected chi connectivity index (χ0v) is 13.6. The molecule has 1 atom stereocenters. The summed E-state index contributed by atoms with van der Waals surface area (Å²) in [5.41, 5.74) is 2.10. The predicted octanol–water partition coefficient (Wildman–Crippen LogP) is 2.92. The molecule has 122 valence electrons. The van der Waals surface area contributed by atoms with Crippen molar-refractivity contribution in [1.29, 1.82) is 0 Å². The van der Waals surface area contributed by atoms with Crippen LogP contribution in [0, 0.1) is 0 Å². The van der Waals surface area contributed by atoms with Crippen LogP contribution >= 0.6 is 0 Å². The van der Waals surface area contributed by atoms with Gasteiger partial charge in [-0.2, -0.15) is 0 Å². The van der Waals surface area contributed by atoms with E-state index in [9.17, 15) is 4.79 Å². The van der Waals surface area contributed by atoms with Gasteiger partial charge in [0.15, 0.2) is 11.5 Å². The first-order valence-corrected chi connectivity index (χ1v) is 7.42. The molecule has 0 fully saturated rings. The van der Waals surface area contributed by atoms with Crippen molar-refractivity contribution < 1.29 is 14.3 Å². The molecule has 1 unspecified atom stereocenters. The van der Waals surface area contributed by atoms with Gasteiger partial charge in [0.2, 0.25) is 0 Å². The number of carbonyl (C=O) groups is 1. The van der Waals surface area contributed by atoms with E-state index in [0.717, 1.165) is 11.1 Å². The van der Waals surface area contributed by atoms with Gasteiger partial charge in [-0.1, -0.05) is 36.4 Å². The highest BCUT2D eigenvalue weighted by molar-refractivity contribution is 5.74. The van der Waals surface area contributed by atoms with E-state index < -0.39 is 0 Å². The van der Waals surface area contributed by atoms with Gasteiger partial charge in [-0.15, -0.1) is 0 Å². The van der Waals surface area contributed by atoms with Gasteiger partial charge in [0.05, 0.1) is 20.3 Å². The average Bonchev–Trinajstić information content (AvgIpc) is 2.61. The van der Waals surface area contributed by atoms with Crippen LogP contribution in [0.1, 0.15) is 17.2 Å². The lowest BCUT2D eigenvalue weighted by Gasteiger charge is -2.20. The molecule has 0 aliphatic heterocycles. The molecule has 0 heterocycles. The number of ether oxygens (including phenoxy) is 2. The van der Waals surface area contributed by atoms with Crippen molar-refractivity contribution in [3.05, 3.63) is 59.7 Å².